The highest BCUT2D eigenvalue weighted by Crippen LogP contribution is 2.24. The monoisotopic (exact) mass is 330 g/mol. The van der Waals surface area contributed by atoms with Crippen molar-refractivity contribution in [3.05, 3.63) is 28.2 Å². The highest BCUT2D eigenvalue weighted by Gasteiger charge is 2.24. The van der Waals surface area contributed by atoms with Gasteiger partial charge >= 0.3 is 12.0 Å². The van der Waals surface area contributed by atoms with Crippen LogP contribution in [0.25, 0.3) is 0 Å². The molecule has 1 saturated heterocycles. The number of nitrogens with one attached hydrogen (secondary N) is 1. The molecular formula is C14H16Cl2N2O3. The lowest BCUT2D eigenvalue weighted by Gasteiger charge is -2.31. The molecule has 1 aliphatic heterocycles. The number of benzene rings is 1. The number of piperidine rings is 1. The Labute approximate surface area is 132 Å². The third-order valence-electron chi connectivity index (χ3n) is 3.48. The van der Waals surface area contributed by atoms with E-state index in [-0.39, 0.29) is 18.4 Å². The Hall–Kier alpha value is -1.46. The van der Waals surface area contributed by atoms with E-state index in [2.05, 4.69) is 5.32 Å². The van der Waals surface area contributed by atoms with Crippen LogP contribution in [0.5, 0.6) is 0 Å². The van der Waals surface area contributed by atoms with Gasteiger partial charge in [-0.1, -0.05) is 23.2 Å². The van der Waals surface area contributed by atoms with Crippen LogP contribution < -0.4 is 5.32 Å². The van der Waals surface area contributed by atoms with Crippen LogP contribution in [0.4, 0.5) is 10.5 Å². The topological polar surface area (TPSA) is 69.6 Å². The molecule has 7 heteroatoms. The number of nitrogens with zero attached hydrogens (tertiary/aromatic N) is 1. The minimum absolute atomic E-state index is 0.146. The SMILES string of the molecule is O=C(O)CC1CCN(C(=O)Nc2cc(Cl)cc(Cl)c2)CC1. The lowest BCUT2D eigenvalue weighted by molar-refractivity contribution is -0.138. The van der Waals surface area contributed by atoms with Crippen molar-refractivity contribution >= 4 is 40.9 Å². The van der Waals surface area contributed by atoms with E-state index in [1.807, 2.05) is 0 Å². The maximum absolute atomic E-state index is 12.1. The summed E-state index contributed by atoms with van der Waals surface area (Å²) in [5.74, 6) is -0.640. The second-order valence-corrected chi connectivity index (χ2v) is 5.99. The van der Waals surface area contributed by atoms with Gasteiger partial charge in [0.05, 0.1) is 0 Å². The lowest BCUT2D eigenvalue weighted by Crippen LogP contribution is -2.41. The molecule has 0 radical (unpaired) electrons. The number of carboxylic acids is 1. The second-order valence-electron chi connectivity index (χ2n) is 5.12. The largest absolute Gasteiger partial charge is 0.481 e. The molecule has 0 atom stereocenters. The average Bonchev–Trinajstić information content (AvgIpc) is 2.37. The van der Waals surface area contributed by atoms with Crippen molar-refractivity contribution in [3.63, 3.8) is 0 Å². The summed E-state index contributed by atoms with van der Waals surface area (Å²) in [4.78, 5) is 24.5. The number of aliphatic carboxylic acids is 1. The van der Waals surface area contributed by atoms with Crippen molar-refractivity contribution in [1.82, 2.24) is 4.90 Å². The molecule has 114 valence electrons. The average molecular weight is 331 g/mol. The van der Waals surface area contributed by atoms with E-state index in [4.69, 9.17) is 28.3 Å². The number of anilines is 1. The quantitative estimate of drug-likeness (QED) is 0.887. The first kappa shape index (κ1) is 15.9. The Morgan fingerprint density at radius 3 is 2.29 bits per heavy atom. The summed E-state index contributed by atoms with van der Waals surface area (Å²) in [6, 6.07) is 4.63. The van der Waals surface area contributed by atoms with E-state index in [1.165, 1.54) is 0 Å². The van der Waals surface area contributed by atoms with Gasteiger partial charge in [0.2, 0.25) is 0 Å². The van der Waals surface area contributed by atoms with Crippen LogP contribution in [0, 0.1) is 5.92 Å². The van der Waals surface area contributed by atoms with Gasteiger partial charge in [0.1, 0.15) is 0 Å². The van der Waals surface area contributed by atoms with Gasteiger partial charge in [0.15, 0.2) is 0 Å². The zero-order valence-corrected chi connectivity index (χ0v) is 12.8. The normalized spacial score (nSPS) is 15.8. The number of rotatable bonds is 3. The van der Waals surface area contributed by atoms with Gasteiger partial charge in [0.25, 0.3) is 0 Å². The molecule has 21 heavy (non-hydrogen) atoms. The van der Waals surface area contributed by atoms with E-state index in [0.29, 0.717) is 41.7 Å². The molecule has 1 fully saturated rings. The smallest absolute Gasteiger partial charge is 0.321 e. The van der Waals surface area contributed by atoms with Crippen LogP contribution in [-0.2, 0) is 4.79 Å². The number of carboxylic acid groups (broad SMARTS) is 1. The molecule has 2 rings (SSSR count). The summed E-state index contributed by atoms with van der Waals surface area (Å²) in [6.07, 6.45) is 1.57. The number of carbonyl (C=O) groups excluding carboxylic acids is 1. The van der Waals surface area contributed by atoms with Gasteiger partial charge in [-0.05, 0) is 37.0 Å². The van der Waals surface area contributed by atoms with Crippen LogP contribution >= 0.6 is 23.2 Å². The predicted molar refractivity (Wildman–Crippen MR) is 82.0 cm³/mol. The summed E-state index contributed by atoms with van der Waals surface area (Å²) in [5, 5.41) is 12.4. The van der Waals surface area contributed by atoms with Gasteiger partial charge in [-0.15, -0.1) is 0 Å². The van der Waals surface area contributed by atoms with E-state index in [0.717, 1.165) is 0 Å². The van der Waals surface area contributed by atoms with E-state index in [9.17, 15) is 9.59 Å². The molecule has 1 aliphatic rings. The number of hydrogen-bond acceptors (Lipinski definition) is 2. The lowest BCUT2D eigenvalue weighted by atomic mass is 9.94. The summed E-state index contributed by atoms with van der Waals surface area (Å²) in [5.41, 5.74) is 0.546. The molecule has 1 aromatic carbocycles. The number of hydrogen-bond donors (Lipinski definition) is 2. The fourth-order valence-corrected chi connectivity index (χ4v) is 2.94. The molecule has 0 spiro atoms. The maximum Gasteiger partial charge on any atom is 0.321 e. The Balaban J connectivity index is 1.88. The first-order valence-electron chi connectivity index (χ1n) is 6.68. The van der Waals surface area contributed by atoms with Crippen molar-refractivity contribution in [1.29, 1.82) is 0 Å². The molecule has 0 aliphatic carbocycles. The molecule has 2 N–H and O–H groups in total. The Bertz CT molecular complexity index is 523. The number of likely N-dealkylation sites (tertiary alicyclic amines) is 1. The van der Waals surface area contributed by atoms with Crippen LogP contribution in [0.3, 0.4) is 0 Å². The van der Waals surface area contributed by atoms with Gasteiger partial charge < -0.3 is 15.3 Å². The molecule has 0 bridgehead atoms. The fraction of sp³-hybridized carbons (Fsp3) is 0.429. The van der Waals surface area contributed by atoms with Crippen LogP contribution in [0.2, 0.25) is 10.0 Å². The van der Waals surface area contributed by atoms with Crippen LogP contribution in [0.15, 0.2) is 18.2 Å². The van der Waals surface area contributed by atoms with E-state index < -0.39 is 5.97 Å². The minimum Gasteiger partial charge on any atom is -0.481 e. The third-order valence-corrected chi connectivity index (χ3v) is 3.92. The minimum atomic E-state index is -0.786. The molecule has 5 nitrogen and oxygen atoms in total. The standard InChI is InChI=1S/C14H16Cl2N2O3/c15-10-6-11(16)8-12(7-10)17-14(21)18-3-1-9(2-4-18)5-13(19)20/h6-9H,1-5H2,(H,17,21)(H,19,20). The van der Waals surface area contributed by atoms with Gasteiger partial charge in [0, 0.05) is 35.2 Å². The molecule has 1 heterocycles. The number of amides is 2. The van der Waals surface area contributed by atoms with Crippen LogP contribution in [-0.4, -0.2) is 35.1 Å². The predicted octanol–water partition coefficient (Wildman–Crippen LogP) is 3.71. The van der Waals surface area contributed by atoms with Crippen molar-refractivity contribution in [3.8, 4) is 0 Å². The zero-order valence-electron chi connectivity index (χ0n) is 11.3. The molecule has 0 unspecified atom stereocenters. The van der Waals surface area contributed by atoms with Crippen molar-refractivity contribution in [2.75, 3.05) is 18.4 Å². The summed E-state index contributed by atoms with van der Waals surface area (Å²) >= 11 is 11.8. The summed E-state index contributed by atoms with van der Waals surface area (Å²) in [7, 11) is 0. The zero-order chi connectivity index (χ0) is 15.4. The third kappa shape index (κ3) is 4.79. The second kappa shape index (κ2) is 7.00. The van der Waals surface area contributed by atoms with Gasteiger partial charge in [-0.2, -0.15) is 0 Å². The summed E-state index contributed by atoms with van der Waals surface area (Å²) < 4.78 is 0. The number of urea groups is 1. The fourth-order valence-electron chi connectivity index (χ4n) is 2.42. The molecular weight excluding hydrogens is 315 g/mol. The Morgan fingerprint density at radius 1 is 1.19 bits per heavy atom. The van der Waals surface area contributed by atoms with Crippen molar-refractivity contribution in [2.45, 2.75) is 19.3 Å². The number of carbonyl (C=O) groups is 2. The number of halogens is 2. The molecule has 0 aromatic heterocycles. The Kier molecular flexibility index (Phi) is 5.31. The van der Waals surface area contributed by atoms with Crippen molar-refractivity contribution < 1.29 is 14.7 Å². The first-order chi connectivity index (χ1) is 9.94. The highest BCUT2D eigenvalue weighted by molar-refractivity contribution is 6.35. The van der Waals surface area contributed by atoms with Gasteiger partial charge in [-0.3, -0.25) is 4.79 Å². The molecule has 0 saturated carbocycles. The van der Waals surface area contributed by atoms with Crippen LogP contribution in [0.1, 0.15) is 19.3 Å². The molecule has 2 amide bonds. The van der Waals surface area contributed by atoms with E-state index >= 15 is 0 Å². The maximum atomic E-state index is 12.1. The van der Waals surface area contributed by atoms with Crippen molar-refractivity contribution in [2.24, 2.45) is 5.92 Å². The van der Waals surface area contributed by atoms with Gasteiger partial charge in [-0.25, -0.2) is 4.79 Å². The highest BCUT2D eigenvalue weighted by atomic mass is 35.5. The first-order valence-corrected chi connectivity index (χ1v) is 7.43. The van der Waals surface area contributed by atoms with E-state index in [1.54, 1.807) is 23.1 Å². The Morgan fingerprint density at radius 2 is 1.76 bits per heavy atom. The summed E-state index contributed by atoms with van der Waals surface area (Å²) in [6.45, 7) is 1.11. The molecule has 1 aromatic rings.